The Morgan fingerprint density at radius 1 is 0.324 bits per heavy atom. The van der Waals surface area contributed by atoms with Crippen LogP contribution >= 0.6 is 0 Å². The molecule has 6 heteroatoms. The summed E-state index contributed by atoms with van der Waals surface area (Å²) >= 11 is 0. The fraction of sp³-hybridized carbons (Fsp3) is 0.0161. The van der Waals surface area contributed by atoms with Crippen molar-refractivity contribution in [3.05, 3.63) is 241 Å². The molecule has 0 saturated heterocycles. The van der Waals surface area contributed by atoms with Crippen LogP contribution in [-0.4, -0.2) is 23.3 Å². The number of hydrogen-bond acceptors (Lipinski definition) is 2. The van der Waals surface area contributed by atoms with Crippen LogP contribution in [0.3, 0.4) is 0 Å². The number of ether oxygens (including phenoxy) is 1. The molecular weight excluding hydrogens is 831 g/mol. The van der Waals surface area contributed by atoms with Gasteiger partial charge in [0.15, 0.2) is 0 Å². The number of nitrogens with zero attached hydrogens (tertiary/aromatic N) is 5. The lowest BCUT2D eigenvalue weighted by atomic mass is 9.79. The van der Waals surface area contributed by atoms with E-state index >= 15 is 0 Å². The van der Waals surface area contributed by atoms with E-state index in [9.17, 15) is 0 Å². The molecule has 0 bridgehead atoms. The molecule has 68 heavy (non-hydrogen) atoms. The lowest BCUT2D eigenvalue weighted by molar-refractivity contribution is 0.340. The summed E-state index contributed by atoms with van der Waals surface area (Å²) in [7, 11) is 0. The zero-order valence-electron chi connectivity index (χ0n) is 36.5. The summed E-state index contributed by atoms with van der Waals surface area (Å²) in [6.07, 6.45) is 0. The fourth-order valence-electron chi connectivity index (χ4n) is 12.3. The molecule has 0 amide bonds. The van der Waals surface area contributed by atoms with Crippen LogP contribution < -0.4 is 4.74 Å². The lowest BCUT2D eigenvalue weighted by Gasteiger charge is -2.39. The molecule has 1 spiro atoms. The van der Waals surface area contributed by atoms with Gasteiger partial charge in [0, 0.05) is 61.0 Å². The lowest BCUT2D eigenvalue weighted by Crippen LogP contribution is -2.38. The molecule has 10 aromatic carbocycles. The molecule has 0 N–H and O–H groups in total. The summed E-state index contributed by atoms with van der Waals surface area (Å²) in [5.41, 5.74) is 17.4. The Morgan fingerprint density at radius 3 is 1.24 bits per heavy atom. The minimum Gasteiger partial charge on any atom is -0.425 e. The first-order chi connectivity index (χ1) is 33.7. The van der Waals surface area contributed by atoms with Gasteiger partial charge in [0.05, 0.1) is 44.1 Å². The zero-order chi connectivity index (χ0) is 44.2. The molecular formula is C62H37N5O. The minimum atomic E-state index is -0.708. The first-order valence-electron chi connectivity index (χ1n) is 23.3. The second kappa shape index (κ2) is 13.0. The summed E-state index contributed by atoms with van der Waals surface area (Å²) in [6, 6.07) is 82.4. The highest BCUT2D eigenvalue weighted by atomic mass is 16.5. The monoisotopic (exact) mass is 867 g/mol. The molecule has 5 heterocycles. The molecule has 0 radical (unpaired) electrons. The Bertz CT molecular complexity index is 4180. The largest absolute Gasteiger partial charge is 0.425 e. The molecule has 1 aliphatic carbocycles. The van der Waals surface area contributed by atoms with E-state index in [1.54, 1.807) is 0 Å². The number of benzene rings is 10. The van der Waals surface area contributed by atoms with Gasteiger partial charge in [-0.05, 0) is 101 Å². The first kappa shape index (κ1) is 36.1. The Balaban J connectivity index is 0.976. The van der Waals surface area contributed by atoms with Crippen LogP contribution in [0.2, 0.25) is 0 Å². The summed E-state index contributed by atoms with van der Waals surface area (Å²) < 4.78 is 16.7. The predicted octanol–water partition coefficient (Wildman–Crippen LogP) is 15.3. The summed E-state index contributed by atoms with van der Waals surface area (Å²) in [4.78, 5) is 5.19. The highest BCUT2D eigenvalue weighted by Crippen LogP contribution is 2.60. The molecule has 6 nitrogen and oxygen atoms in total. The summed E-state index contributed by atoms with van der Waals surface area (Å²) in [5.74, 6) is 0.788. The Hall–Kier alpha value is -9.13. The second-order valence-corrected chi connectivity index (χ2v) is 18.3. The third-order valence-electron chi connectivity index (χ3n) is 15.0. The molecule has 4 aromatic heterocycles. The molecule has 0 atom stereocenters. The molecule has 0 unspecified atom stereocenters. The average molecular weight is 868 g/mol. The Labute approximate surface area is 389 Å². The highest BCUT2D eigenvalue weighted by molar-refractivity contribution is 6.14. The van der Waals surface area contributed by atoms with Crippen molar-refractivity contribution in [1.29, 1.82) is 0 Å². The average Bonchev–Trinajstić information content (AvgIpc) is 4.19. The van der Waals surface area contributed by atoms with Crippen LogP contribution in [0.5, 0.6) is 11.8 Å². The quantitative estimate of drug-likeness (QED) is 0.178. The van der Waals surface area contributed by atoms with E-state index in [4.69, 9.17) is 9.72 Å². The summed E-state index contributed by atoms with van der Waals surface area (Å²) in [5, 5.41) is 7.30. The van der Waals surface area contributed by atoms with Crippen LogP contribution in [0.15, 0.2) is 224 Å². The third-order valence-corrected chi connectivity index (χ3v) is 15.0. The second-order valence-electron chi connectivity index (χ2n) is 18.3. The number of rotatable bonds is 3. The predicted molar refractivity (Wildman–Crippen MR) is 276 cm³/mol. The van der Waals surface area contributed by atoms with E-state index in [0.29, 0.717) is 6.01 Å². The maximum atomic E-state index is 7.07. The summed E-state index contributed by atoms with van der Waals surface area (Å²) in [6.45, 7) is 0. The third kappa shape index (κ3) is 4.49. The van der Waals surface area contributed by atoms with Gasteiger partial charge in [-0.1, -0.05) is 140 Å². The van der Waals surface area contributed by atoms with Crippen molar-refractivity contribution < 1.29 is 4.74 Å². The molecule has 2 aliphatic rings. The van der Waals surface area contributed by atoms with Crippen molar-refractivity contribution in [2.24, 2.45) is 0 Å². The maximum Gasteiger partial charge on any atom is 0.304 e. The van der Waals surface area contributed by atoms with Gasteiger partial charge in [0.2, 0.25) is 0 Å². The molecule has 14 aromatic rings. The van der Waals surface area contributed by atoms with Crippen molar-refractivity contribution >= 4 is 76.5 Å². The fourth-order valence-corrected chi connectivity index (χ4v) is 12.3. The Kier molecular flexibility index (Phi) is 6.92. The van der Waals surface area contributed by atoms with Gasteiger partial charge < -0.3 is 18.4 Å². The van der Waals surface area contributed by atoms with Crippen LogP contribution in [0.4, 0.5) is 0 Å². The highest BCUT2D eigenvalue weighted by Gasteiger charge is 2.52. The SMILES string of the molecule is c1ccc2c(c1)-c1ccccc1C21c2ccc(-n3c4ccc(-n5c6ccccc6c6ccccc65)cc4c4cc(-n5c6ccccc6c6ccccc65)ccc43)cc2Oc2nc3ccccc3n21. The Morgan fingerprint density at radius 2 is 0.721 bits per heavy atom. The molecule has 316 valence electrons. The number of fused-ring (bicyclic) bond motifs is 20. The zero-order valence-corrected chi connectivity index (χ0v) is 36.5. The normalized spacial score (nSPS) is 13.5. The van der Waals surface area contributed by atoms with Crippen LogP contribution in [0.25, 0.3) is 105 Å². The standard InChI is InChI=1S/C62H37N5O/c1-7-21-49-41(15-1)42-16-2-8-22-50(42)62(49)51-32-29-40(37-60(51)68-61-63-52-23-9-14-28-59(52)67(61)62)66-57-33-30-38(64-53-24-10-3-17-43(53)44-18-4-11-25-54(44)64)35-47(57)48-36-39(31-34-58(48)66)65-55-26-12-5-19-45(55)46-20-6-13-27-56(46)65/h1-37H. The maximum absolute atomic E-state index is 7.07. The number of imidazole rings is 1. The molecule has 16 rings (SSSR count). The van der Waals surface area contributed by atoms with E-state index in [-0.39, 0.29) is 0 Å². The van der Waals surface area contributed by atoms with Crippen molar-refractivity contribution in [3.63, 3.8) is 0 Å². The van der Waals surface area contributed by atoms with Gasteiger partial charge in [-0.25, -0.2) is 0 Å². The van der Waals surface area contributed by atoms with Crippen molar-refractivity contribution in [1.82, 2.24) is 23.3 Å². The van der Waals surface area contributed by atoms with E-state index in [1.165, 1.54) is 65.9 Å². The van der Waals surface area contributed by atoms with Crippen LogP contribution in [0.1, 0.15) is 16.7 Å². The van der Waals surface area contributed by atoms with Crippen LogP contribution in [0, 0.1) is 0 Å². The van der Waals surface area contributed by atoms with E-state index in [2.05, 4.69) is 243 Å². The number of hydrogen-bond donors (Lipinski definition) is 0. The molecule has 0 fully saturated rings. The van der Waals surface area contributed by atoms with Gasteiger partial charge >= 0.3 is 6.01 Å². The van der Waals surface area contributed by atoms with Gasteiger partial charge in [-0.3, -0.25) is 4.57 Å². The van der Waals surface area contributed by atoms with E-state index in [1.807, 2.05) is 0 Å². The van der Waals surface area contributed by atoms with Crippen molar-refractivity contribution in [3.8, 4) is 39.9 Å². The topological polar surface area (TPSA) is 41.8 Å². The van der Waals surface area contributed by atoms with Crippen LogP contribution in [-0.2, 0) is 5.54 Å². The van der Waals surface area contributed by atoms with Crippen molar-refractivity contribution in [2.45, 2.75) is 5.54 Å². The minimum absolute atomic E-state index is 0.580. The number of aromatic nitrogens is 5. The first-order valence-corrected chi connectivity index (χ1v) is 23.3. The van der Waals surface area contributed by atoms with Gasteiger partial charge in [0.25, 0.3) is 0 Å². The van der Waals surface area contributed by atoms with Gasteiger partial charge in [0.1, 0.15) is 11.3 Å². The van der Waals surface area contributed by atoms with Gasteiger partial charge in [-0.15, -0.1) is 0 Å². The van der Waals surface area contributed by atoms with Gasteiger partial charge in [-0.2, -0.15) is 4.98 Å². The van der Waals surface area contributed by atoms with Crippen molar-refractivity contribution in [2.75, 3.05) is 0 Å². The smallest absolute Gasteiger partial charge is 0.304 e. The molecule has 0 saturated carbocycles. The number of para-hydroxylation sites is 6. The van der Waals surface area contributed by atoms with E-state index in [0.717, 1.165) is 61.2 Å². The molecule has 1 aliphatic heterocycles. The van der Waals surface area contributed by atoms with E-state index < -0.39 is 5.54 Å².